The van der Waals surface area contributed by atoms with E-state index in [9.17, 15) is 14.4 Å². The predicted octanol–water partition coefficient (Wildman–Crippen LogP) is 3.06. The Kier molecular flexibility index (Phi) is 4.09. The minimum absolute atomic E-state index is 0.0372. The van der Waals surface area contributed by atoms with Gasteiger partial charge in [0, 0.05) is 0 Å². The molecule has 5 heteroatoms. The third-order valence-electron chi connectivity index (χ3n) is 4.43. The molecular formula is C17H21NO4. The minimum Gasteiger partial charge on any atom is -0.329 e. The van der Waals surface area contributed by atoms with Crippen molar-refractivity contribution < 1.29 is 19.2 Å². The van der Waals surface area contributed by atoms with Crippen LogP contribution >= 0.6 is 0 Å². The van der Waals surface area contributed by atoms with Crippen molar-refractivity contribution in [2.24, 2.45) is 17.3 Å². The summed E-state index contributed by atoms with van der Waals surface area (Å²) < 4.78 is 0. The summed E-state index contributed by atoms with van der Waals surface area (Å²) in [7, 11) is 0. The van der Waals surface area contributed by atoms with Gasteiger partial charge in [0.15, 0.2) is 0 Å². The molecule has 0 saturated carbocycles. The Bertz CT molecular complexity index is 595. The summed E-state index contributed by atoms with van der Waals surface area (Å²) in [6.07, 6.45) is 0. The van der Waals surface area contributed by atoms with E-state index in [2.05, 4.69) is 0 Å². The highest BCUT2D eigenvalue weighted by Gasteiger charge is 2.40. The van der Waals surface area contributed by atoms with Crippen LogP contribution in [0.4, 0.5) is 0 Å². The first-order chi connectivity index (χ1) is 10.1. The third-order valence-corrected chi connectivity index (χ3v) is 4.43. The lowest BCUT2D eigenvalue weighted by Crippen LogP contribution is -2.38. The summed E-state index contributed by atoms with van der Waals surface area (Å²) in [5, 5.41) is 0.568. The molecule has 0 aromatic heterocycles. The summed E-state index contributed by atoms with van der Waals surface area (Å²) >= 11 is 0. The van der Waals surface area contributed by atoms with E-state index in [1.165, 1.54) is 0 Å². The summed E-state index contributed by atoms with van der Waals surface area (Å²) in [6.45, 7) is 9.79. The summed E-state index contributed by atoms with van der Waals surface area (Å²) in [6, 6.07) is 6.43. The van der Waals surface area contributed by atoms with Crippen LogP contribution in [-0.4, -0.2) is 22.8 Å². The van der Waals surface area contributed by atoms with E-state index in [0.29, 0.717) is 5.06 Å². The van der Waals surface area contributed by atoms with Crippen LogP contribution in [0.1, 0.15) is 55.3 Å². The van der Waals surface area contributed by atoms with Gasteiger partial charge >= 0.3 is 5.97 Å². The maximum Gasteiger partial charge on any atom is 0.336 e. The molecule has 0 spiro atoms. The number of nitrogens with zero attached hydrogens (tertiary/aromatic N) is 1. The molecule has 22 heavy (non-hydrogen) atoms. The zero-order valence-corrected chi connectivity index (χ0v) is 13.5. The van der Waals surface area contributed by atoms with E-state index in [1.807, 2.05) is 27.7 Å². The van der Waals surface area contributed by atoms with E-state index in [-0.39, 0.29) is 22.5 Å². The SMILES string of the molecule is CC(C(=O)ON1C(=O)c2ccccc2C1=O)C(C)C(C)(C)C. The van der Waals surface area contributed by atoms with Crippen LogP contribution < -0.4 is 0 Å². The lowest BCUT2D eigenvalue weighted by atomic mass is 9.75. The van der Waals surface area contributed by atoms with Crippen molar-refractivity contribution in [1.82, 2.24) is 5.06 Å². The molecule has 1 aliphatic rings. The number of hydrogen-bond acceptors (Lipinski definition) is 4. The number of carbonyl (C=O) groups is 3. The van der Waals surface area contributed by atoms with Gasteiger partial charge in [-0.3, -0.25) is 9.59 Å². The zero-order valence-electron chi connectivity index (χ0n) is 13.5. The molecule has 0 saturated heterocycles. The van der Waals surface area contributed by atoms with Crippen LogP contribution in [0.5, 0.6) is 0 Å². The lowest BCUT2D eigenvalue weighted by molar-refractivity contribution is -0.176. The second kappa shape index (κ2) is 5.55. The monoisotopic (exact) mass is 303 g/mol. The summed E-state index contributed by atoms with van der Waals surface area (Å²) in [4.78, 5) is 41.7. The highest BCUT2D eigenvalue weighted by molar-refractivity contribution is 6.20. The highest BCUT2D eigenvalue weighted by Crippen LogP contribution is 2.33. The maximum atomic E-state index is 12.3. The van der Waals surface area contributed by atoms with E-state index >= 15 is 0 Å². The van der Waals surface area contributed by atoms with Crippen molar-refractivity contribution in [1.29, 1.82) is 0 Å². The van der Waals surface area contributed by atoms with Gasteiger partial charge in [-0.2, -0.15) is 0 Å². The maximum absolute atomic E-state index is 12.3. The first kappa shape index (κ1) is 16.2. The molecule has 1 aromatic carbocycles. The molecule has 1 aliphatic heterocycles. The normalized spacial score (nSPS) is 17.2. The van der Waals surface area contributed by atoms with Crippen molar-refractivity contribution in [3.8, 4) is 0 Å². The van der Waals surface area contributed by atoms with E-state index < -0.39 is 23.7 Å². The molecule has 1 aromatic rings. The fourth-order valence-corrected chi connectivity index (χ4v) is 2.38. The second-order valence-electron chi connectivity index (χ2n) is 6.80. The van der Waals surface area contributed by atoms with Crippen LogP contribution in [0, 0.1) is 17.3 Å². The van der Waals surface area contributed by atoms with Crippen molar-refractivity contribution in [3.05, 3.63) is 35.4 Å². The van der Waals surface area contributed by atoms with Gasteiger partial charge < -0.3 is 4.84 Å². The van der Waals surface area contributed by atoms with Crippen LogP contribution in [-0.2, 0) is 9.63 Å². The molecular weight excluding hydrogens is 282 g/mol. The Morgan fingerprint density at radius 2 is 1.50 bits per heavy atom. The topological polar surface area (TPSA) is 63.7 Å². The standard InChI is InChI=1S/C17H21NO4/c1-10(11(2)17(3,4)5)16(21)22-18-14(19)12-8-6-7-9-13(12)15(18)20/h6-11H,1-5H3. The van der Waals surface area contributed by atoms with Crippen LogP contribution in [0.25, 0.3) is 0 Å². The average Bonchev–Trinajstić information content (AvgIpc) is 2.70. The number of fused-ring (bicyclic) bond motifs is 1. The Balaban J connectivity index is 2.14. The first-order valence-electron chi connectivity index (χ1n) is 7.34. The number of amides is 2. The molecule has 0 aliphatic carbocycles. The van der Waals surface area contributed by atoms with E-state index in [4.69, 9.17) is 4.84 Å². The molecule has 0 radical (unpaired) electrons. The molecule has 118 valence electrons. The van der Waals surface area contributed by atoms with Gasteiger partial charge in [-0.1, -0.05) is 51.8 Å². The third kappa shape index (κ3) is 2.75. The van der Waals surface area contributed by atoms with Gasteiger partial charge in [0.05, 0.1) is 17.0 Å². The predicted molar refractivity (Wildman–Crippen MR) is 80.8 cm³/mol. The summed E-state index contributed by atoms with van der Waals surface area (Å²) in [5.41, 5.74) is 0.439. The number of imide groups is 1. The van der Waals surface area contributed by atoms with Crippen molar-refractivity contribution in [2.45, 2.75) is 34.6 Å². The van der Waals surface area contributed by atoms with E-state index in [0.717, 1.165) is 0 Å². The molecule has 2 unspecified atom stereocenters. The Morgan fingerprint density at radius 1 is 1.05 bits per heavy atom. The zero-order chi connectivity index (χ0) is 16.7. The molecule has 2 rings (SSSR count). The quantitative estimate of drug-likeness (QED) is 0.805. The molecule has 0 fully saturated rings. The van der Waals surface area contributed by atoms with Gasteiger partial charge in [-0.05, 0) is 23.5 Å². The van der Waals surface area contributed by atoms with Crippen molar-refractivity contribution in [2.75, 3.05) is 0 Å². The average molecular weight is 303 g/mol. The van der Waals surface area contributed by atoms with Crippen LogP contribution in [0.15, 0.2) is 24.3 Å². The molecule has 5 nitrogen and oxygen atoms in total. The summed E-state index contributed by atoms with van der Waals surface area (Å²) in [5.74, 6) is -2.15. The Hall–Kier alpha value is -2.17. The van der Waals surface area contributed by atoms with Gasteiger partial charge in [0.2, 0.25) is 0 Å². The largest absolute Gasteiger partial charge is 0.336 e. The number of hydrogen-bond donors (Lipinski definition) is 0. The highest BCUT2D eigenvalue weighted by atomic mass is 16.7. The van der Waals surface area contributed by atoms with Gasteiger partial charge in [-0.25, -0.2) is 4.79 Å². The molecule has 2 amide bonds. The second-order valence-corrected chi connectivity index (χ2v) is 6.80. The molecule has 1 heterocycles. The van der Waals surface area contributed by atoms with Gasteiger partial charge in [-0.15, -0.1) is 0 Å². The van der Waals surface area contributed by atoms with E-state index in [1.54, 1.807) is 31.2 Å². The number of carbonyl (C=O) groups excluding carboxylic acids is 3. The number of hydroxylamine groups is 2. The van der Waals surface area contributed by atoms with Crippen LogP contribution in [0.2, 0.25) is 0 Å². The van der Waals surface area contributed by atoms with Gasteiger partial charge in [0.25, 0.3) is 11.8 Å². The number of benzene rings is 1. The lowest BCUT2D eigenvalue weighted by Gasteiger charge is -2.31. The fourth-order valence-electron chi connectivity index (χ4n) is 2.38. The Morgan fingerprint density at radius 3 is 1.91 bits per heavy atom. The molecule has 0 N–H and O–H groups in total. The first-order valence-corrected chi connectivity index (χ1v) is 7.34. The van der Waals surface area contributed by atoms with Crippen LogP contribution in [0.3, 0.4) is 0 Å². The minimum atomic E-state index is -0.593. The molecule has 2 atom stereocenters. The van der Waals surface area contributed by atoms with Crippen molar-refractivity contribution in [3.63, 3.8) is 0 Å². The van der Waals surface area contributed by atoms with Crippen molar-refractivity contribution >= 4 is 17.8 Å². The Labute approximate surface area is 130 Å². The fraction of sp³-hybridized carbons (Fsp3) is 0.471. The molecule has 0 bridgehead atoms. The number of rotatable bonds is 3. The van der Waals surface area contributed by atoms with Gasteiger partial charge in [0.1, 0.15) is 0 Å². The smallest absolute Gasteiger partial charge is 0.329 e.